The average molecular weight is 1750 g/mol. The van der Waals surface area contributed by atoms with Crippen molar-refractivity contribution in [2.24, 2.45) is 17.0 Å². The van der Waals surface area contributed by atoms with E-state index in [0.29, 0.717) is 60.4 Å². The van der Waals surface area contributed by atoms with Gasteiger partial charge in [-0.05, 0) is 114 Å². The van der Waals surface area contributed by atoms with Gasteiger partial charge in [0.05, 0.1) is 23.6 Å². The molecule has 6 heterocycles. The van der Waals surface area contributed by atoms with Gasteiger partial charge in [0.25, 0.3) is 5.91 Å². The van der Waals surface area contributed by atoms with Gasteiger partial charge in [0, 0.05) is 60.0 Å². The molecule has 6 aromatic carbocycles. The average Bonchev–Trinajstić information content (AvgIpc) is 1.58. The van der Waals surface area contributed by atoms with E-state index in [2.05, 4.69) is 26.0 Å². The number of nitrogens with zero attached hydrogens (tertiary/aromatic N) is 8. The predicted octanol–water partition coefficient (Wildman–Crippen LogP) is 14.1. The van der Waals surface area contributed by atoms with Gasteiger partial charge in [-0.1, -0.05) is 262 Å². The van der Waals surface area contributed by atoms with E-state index in [1.54, 1.807) is 64.2 Å². The zero-order chi connectivity index (χ0) is 84.7. The van der Waals surface area contributed by atoms with Crippen molar-refractivity contribution in [1.82, 2.24) is 65.8 Å². The number of nitrogens with two attached hydrogens (primary N) is 1. The topological polar surface area (TPSA) is 398 Å². The minimum atomic E-state index is -4.14. The first-order valence-corrected chi connectivity index (χ1v) is 45.4. The zero-order valence-electron chi connectivity index (χ0n) is 67.4. The molecule has 10 atom stereocenters. The van der Waals surface area contributed by atoms with E-state index in [9.17, 15) is 60.3 Å². The largest absolute Gasteiger partial charge is 0.479 e. The number of aromatic nitrogens is 6. The molecule has 7 amide bonds. The number of amides is 7. The Labute approximate surface area is 733 Å². The van der Waals surface area contributed by atoms with Crippen LogP contribution in [0, 0.1) is 11.8 Å². The van der Waals surface area contributed by atoms with Crippen LogP contribution >= 0.6 is 0 Å². The van der Waals surface area contributed by atoms with Gasteiger partial charge in [-0.15, -0.1) is 0 Å². The van der Waals surface area contributed by atoms with Crippen molar-refractivity contribution in [3.63, 3.8) is 0 Å². The van der Waals surface area contributed by atoms with Crippen molar-refractivity contribution >= 4 is 67.7 Å². The molecule has 668 valence electrons. The van der Waals surface area contributed by atoms with Crippen molar-refractivity contribution in [1.29, 1.82) is 0 Å². The highest BCUT2D eigenvalue weighted by atomic mass is 32.2. The van der Waals surface area contributed by atoms with Gasteiger partial charge in [0.15, 0.2) is 0 Å². The van der Waals surface area contributed by atoms with Gasteiger partial charge in [-0.25, -0.2) is 36.4 Å². The summed E-state index contributed by atoms with van der Waals surface area (Å²) in [5, 5.41) is 46.3. The third-order valence-corrected chi connectivity index (χ3v) is 25.7. The van der Waals surface area contributed by atoms with Crippen LogP contribution in [0.25, 0.3) is 45.0 Å². The molecule has 8 aliphatic rings. The molecular weight excluding hydrogens is 1630 g/mol. The maximum Gasteiger partial charge on any atom is 0.408 e. The summed E-state index contributed by atoms with van der Waals surface area (Å²) in [6, 6.07) is 51.1. The van der Waals surface area contributed by atoms with Gasteiger partial charge < -0.3 is 45.6 Å². The summed E-state index contributed by atoms with van der Waals surface area (Å²) in [5.41, 5.74) is 4.30. The first-order chi connectivity index (χ1) is 58.5. The molecule has 125 heavy (non-hydrogen) atoms. The maximum atomic E-state index is 14.8. The Kier molecular flexibility index (Phi) is 33.1. The number of aliphatic carboxylic acids is 1. The van der Waals surface area contributed by atoms with Crippen molar-refractivity contribution in [2.75, 3.05) is 13.1 Å². The number of sulfonamides is 2. The molecule has 4 saturated carbocycles. The molecule has 8 N–H and O–H groups in total. The number of ether oxygens (including phenoxy) is 2. The van der Waals surface area contributed by atoms with Crippen LogP contribution in [0.5, 0.6) is 0 Å². The highest BCUT2D eigenvalue weighted by Crippen LogP contribution is 2.48. The van der Waals surface area contributed by atoms with Crippen LogP contribution in [0.15, 0.2) is 206 Å². The summed E-state index contributed by atoms with van der Waals surface area (Å²) in [6.07, 6.45) is 20.6. The van der Waals surface area contributed by atoms with Gasteiger partial charge in [-0.3, -0.25) is 28.7 Å². The lowest BCUT2D eigenvalue weighted by Crippen LogP contribution is -2.58. The van der Waals surface area contributed by atoms with E-state index in [4.69, 9.17) is 35.0 Å². The van der Waals surface area contributed by atoms with Crippen LogP contribution in [0.1, 0.15) is 194 Å². The molecule has 0 bridgehead atoms. The number of primary sulfonamides is 1. The summed E-state index contributed by atoms with van der Waals surface area (Å²) in [7, 11) is -7.51. The highest BCUT2D eigenvalue weighted by molar-refractivity contribution is 7.89. The normalized spacial score (nSPS) is 24.5. The molecule has 2 saturated heterocycles. The van der Waals surface area contributed by atoms with Crippen molar-refractivity contribution in [3.8, 4) is 45.0 Å². The van der Waals surface area contributed by atoms with Crippen LogP contribution in [0.3, 0.4) is 0 Å². The second kappa shape index (κ2) is 43.3. The fourth-order valence-corrected chi connectivity index (χ4v) is 19.0. The molecule has 8 aromatic rings. The van der Waals surface area contributed by atoms with E-state index >= 15 is 0 Å². The highest BCUT2D eigenvalue weighted by Gasteiger charge is 2.63. The van der Waals surface area contributed by atoms with Crippen molar-refractivity contribution < 1.29 is 69.8 Å². The Morgan fingerprint density at radius 3 is 1.14 bits per heavy atom. The molecule has 0 radical (unpaired) electrons. The Morgan fingerprint density at radius 1 is 0.448 bits per heavy atom. The second-order valence-electron chi connectivity index (χ2n) is 32.7. The monoisotopic (exact) mass is 1750 g/mol. The molecule has 0 spiro atoms. The standard InChI is InChI=1S/C45H51N7O7S.C38H44N6O6.C7H9NO2S.4CH4/c53-41-38-27-35(52-48-39(32-19-9-5-10-20-32)40(49-52)33-21-11-6-12-22-33)29-51(38)42(54)37(46-44(56)59-36-24-15-16-25-36)26-14-3-1-2-13-23-34-28-45(34,47-41)43(55)50-60(57,58)30-31-17-7-4-8-18-31;45-34-31-22-28(44-41-32(25-14-6-4-7-15-25)33(42-44)26-16-8-5-9-17-26)24-43(31)35(46)30(39-37(49)50-29-19-12-13-20-29)21-11-3-1-2-10-18-27-23-38(27,40-34)36(47)48;8-11(9,10)6-7-4-2-1-3-5-7;;;;/h4-13,17-23,34-38H,1-3,14-16,24-30H2,(H,46,56)(H,47,53)(H,50,55);4-10,14-18,27-31H,1-3,11-13,19-24H2,(H,39,49)(H,40,45)(H,47,48);1-5H,6H2,(H2,8,9,10);4*1H4/b23-13-;18-10-;;;;;/t34?,35-,37+,38+,45-;27?,28-,30+,31+,38-;;;;;/m11...../s1. The van der Waals surface area contributed by atoms with Crippen LogP contribution in [-0.2, 0) is 69.8 Å². The molecular formula is C94H120N14O15S2. The quantitative estimate of drug-likeness (QED) is 0.0416. The molecule has 2 unspecified atom stereocenters. The van der Waals surface area contributed by atoms with Gasteiger partial charge in [-0.2, -0.15) is 30.0 Å². The third-order valence-electron chi connectivity index (χ3n) is 23.8. The van der Waals surface area contributed by atoms with Crippen molar-refractivity contribution in [2.45, 2.75) is 242 Å². The third kappa shape index (κ3) is 24.3. The lowest BCUT2D eigenvalue weighted by molar-refractivity contribution is -0.145. The van der Waals surface area contributed by atoms with E-state index in [-0.39, 0.29) is 92.4 Å². The van der Waals surface area contributed by atoms with Crippen molar-refractivity contribution in [3.05, 3.63) is 217 Å². The van der Waals surface area contributed by atoms with Gasteiger partial charge in [0.1, 0.15) is 70.2 Å². The zero-order valence-corrected chi connectivity index (χ0v) is 69.1. The fraction of sp³-hybridized carbons (Fsp3) is 0.447. The number of carboxylic acid groups (broad SMARTS) is 1. The number of carbonyl (C=O) groups is 8. The summed E-state index contributed by atoms with van der Waals surface area (Å²) < 4.78 is 61.4. The summed E-state index contributed by atoms with van der Waals surface area (Å²) >= 11 is 0. The van der Waals surface area contributed by atoms with Gasteiger partial charge in [0.2, 0.25) is 43.7 Å². The molecule has 4 aliphatic carbocycles. The van der Waals surface area contributed by atoms with Crippen LogP contribution < -0.4 is 31.1 Å². The molecule has 4 aliphatic heterocycles. The number of hydrogen-bond acceptors (Lipinski definition) is 18. The Balaban J connectivity index is 0.000000228. The van der Waals surface area contributed by atoms with E-state index in [0.717, 1.165) is 111 Å². The number of fused-ring (bicyclic) bond motifs is 4. The second-order valence-corrected chi connectivity index (χ2v) is 36.0. The first-order valence-electron chi connectivity index (χ1n) is 42.0. The number of nitrogens with one attached hydrogen (secondary N) is 5. The minimum Gasteiger partial charge on any atom is -0.479 e. The molecule has 6 fully saturated rings. The number of alkyl carbamates (subject to hydrolysis) is 2. The number of benzene rings is 6. The van der Waals surface area contributed by atoms with Gasteiger partial charge >= 0.3 is 18.2 Å². The Morgan fingerprint density at radius 2 is 0.776 bits per heavy atom. The van der Waals surface area contributed by atoms with E-state index < -0.39 is 127 Å². The number of carbonyl (C=O) groups excluding carboxylic acids is 7. The maximum absolute atomic E-state index is 14.8. The van der Waals surface area contributed by atoms with E-state index in [1.165, 1.54) is 9.80 Å². The van der Waals surface area contributed by atoms with Crippen LogP contribution in [0.4, 0.5) is 9.59 Å². The molecule has 2 aromatic heterocycles. The lowest BCUT2D eigenvalue weighted by atomic mass is 10.0. The lowest BCUT2D eigenvalue weighted by Gasteiger charge is -2.30. The number of allylic oxidation sites excluding steroid dienone is 2. The van der Waals surface area contributed by atoms with Crippen LogP contribution in [0.2, 0.25) is 0 Å². The molecule has 29 nitrogen and oxygen atoms in total. The minimum absolute atomic E-state index is 0. The number of hydrogen-bond donors (Lipinski definition) is 7. The molecule has 31 heteroatoms. The summed E-state index contributed by atoms with van der Waals surface area (Å²) in [4.78, 5) is 117. The summed E-state index contributed by atoms with van der Waals surface area (Å²) in [6.45, 7) is 0.144. The first kappa shape index (κ1) is 95.5. The Hall–Kier alpha value is -11.7. The smallest absolute Gasteiger partial charge is 0.408 e. The molecule has 16 rings (SSSR count). The summed E-state index contributed by atoms with van der Waals surface area (Å²) in [5.74, 6) is -5.24. The fourth-order valence-electron chi connectivity index (χ4n) is 17.2. The van der Waals surface area contributed by atoms with Crippen LogP contribution in [-0.4, -0.2) is 170 Å². The number of rotatable bonds is 17. The Bertz CT molecular complexity index is 5160. The number of carboxylic acids is 1. The predicted molar refractivity (Wildman–Crippen MR) is 479 cm³/mol. The van der Waals surface area contributed by atoms with E-state index in [1.807, 2.05) is 152 Å². The SMILES string of the molecule is C.C.C.C.NS(=O)(=O)Cc1ccccc1.O=C(N[C@H]1CCCCC/C=C\C2C[C@@]2(C(=O)NS(=O)(=O)Cc2ccccc2)NC(=O)[C@@H]2C[C@@H](n3nc(-c4ccccc4)c(-c4ccccc4)n3)CN2C1=O)OC1CCCC1.O=C(N[C@H]1CCCCC/C=C\C2C[C@@]2(C(=O)O)NC(=O)[C@@H]2C[C@@H](n3nc(-c4ccccc4)c(-c4ccccc4)n3)CN2C1=O)OC1CCCC1.